The lowest BCUT2D eigenvalue weighted by atomic mass is 9.92. The molecule has 0 aliphatic carbocycles. The second-order valence-corrected chi connectivity index (χ2v) is 6.40. The summed E-state index contributed by atoms with van der Waals surface area (Å²) in [6, 6.07) is 0. The zero-order valence-corrected chi connectivity index (χ0v) is 13.1. The number of aliphatic hydroxyl groups excluding tert-OH is 1. The molecule has 0 saturated carbocycles. The van der Waals surface area contributed by atoms with E-state index in [9.17, 15) is 5.11 Å². The second kappa shape index (κ2) is 8.98. The third kappa shape index (κ3) is 5.68. The van der Waals surface area contributed by atoms with Crippen molar-refractivity contribution in [3.63, 3.8) is 0 Å². The Balaban J connectivity index is 1.53. The SMILES string of the molecule is CCC(O)CN1CCC(CCCN2CCOCC2)CC1. The molecule has 0 spiro atoms. The van der Waals surface area contributed by atoms with Gasteiger partial charge in [0.1, 0.15) is 0 Å². The highest BCUT2D eigenvalue weighted by molar-refractivity contribution is 4.74. The van der Waals surface area contributed by atoms with Gasteiger partial charge in [0.25, 0.3) is 0 Å². The minimum atomic E-state index is -0.132. The van der Waals surface area contributed by atoms with Crippen molar-refractivity contribution in [2.75, 3.05) is 52.5 Å². The topological polar surface area (TPSA) is 35.9 Å². The van der Waals surface area contributed by atoms with E-state index in [1.54, 1.807) is 0 Å². The summed E-state index contributed by atoms with van der Waals surface area (Å²) in [5, 5.41) is 9.70. The molecular formula is C16H32N2O2. The molecule has 0 aromatic carbocycles. The Morgan fingerprint density at radius 3 is 2.45 bits per heavy atom. The van der Waals surface area contributed by atoms with Crippen LogP contribution in [0.1, 0.15) is 39.0 Å². The summed E-state index contributed by atoms with van der Waals surface area (Å²) >= 11 is 0. The Bertz CT molecular complexity index is 249. The predicted octanol–water partition coefficient (Wildman–Crippen LogP) is 1.58. The molecule has 0 aromatic heterocycles. The quantitative estimate of drug-likeness (QED) is 0.770. The lowest BCUT2D eigenvalue weighted by Crippen LogP contribution is -2.39. The van der Waals surface area contributed by atoms with Crippen LogP contribution in [0.25, 0.3) is 0 Å². The molecule has 0 bridgehead atoms. The average Bonchev–Trinajstić information content (AvgIpc) is 2.50. The van der Waals surface area contributed by atoms with Crippen molar-refractivity contribution in [2.45, 2.75) is 45.1 Å². The fourth-order valence-electron chi connectivity index (χ4n) is 3.31. The first-order valence-electron chi connectivity index (χ1n) is 8.48. The third-order valence-corrected chi connectivity index (χ3v) is 4.84. The molecule has 118 valence electrons. The van der Waals surface area contributed by atoms with Crippen LogP contribution in [0, 0.1) is 5.92 Å². The van der Waals surface area contributed by atoms with Gasteiger partial charge in [-0.25, -0.2) is 0 Å². The lowest BCUT2D eigenvalue weighted by molar-refractivity contribution is 0.0358. The van der Waals surface area contributed by atoms with Gasteiger partial charge in [-0.05, 0) is 57.7 Å². The number of hydrogen-bond acceptors (Lipinski definition) is 4. The highest BCUT2D eigenvalue weighted by Crippen LogP contribution is 2.22. The number of ether oxygens (including phenoxy) is 1. The van der Waals surface area contributed by atoms with E-state index in [1.807, 2.05) is 0 Å². The van der Waals surface area contributed by atoms with Gasteiger partial charge in [0, 0.05) is 19.6 Å². The van der Waals surface area contributed by atoms with Crippen molar-refractivity contribution in [3.8, 4) is 0 Å². The van der Waals surface area contributed by atoms with Gasteiger partial charge in [0.15, 0.2) is 0 Å². The van der Waals surface area contributed by atoms with Crippen LogP contribution in [0.15, 0.2) is 0 Å². The number of piperidine rings is 1. The Morgan fingerprint density at radius 1 is 1.10 bits per heavy atom. The van der Waals surface area contributed by atoms with Crippen molar-refractivity contribution in [1.29, 1.82) is 0 Å². The molecule has 2 aliphatic heterocycles. The van der Waals surface area contributed by atoms with Crippen molar-refractivity contribution in [1.82, 2.24) is 9.80 Å². The number of aliphatic hydroxyl groups is 1. The zero-order chi connectivity index (χ0) is 14.2. The van der Waals surface area contributed by atoms with Crippen LogP contribution in [0.2, 0.25) is 0 Å². The first-order chi connectivity index (χ1) is 9.78. The van der Waals surface area contributed by atoms with Crippen LogP contribution in [-0.4, -0.2) is 73.5 Å². The smallest absolute Gasteiger partial charge is 0.0664 e. The molecule has 0 aromatic rings. The standard InChI is InChI=1S/C16H32N2O2/c1-2-16(19)14-18-8-5-15(6-9-18)4-3-7-17-10-12-20-13-11-17/h15-16,19H,2-14H2,1H3. The normalized spacial score (nSPS) is 24.9. The van der Waals surface area contributed by atoms with Crippen LogP contribution < -0.4 is 0 Å². The lowest BCUT2D eigenvalue weighted by Gasteiger charge is -2.33. The zero-order valence-electron chi connectivity index (χ0n) is 13.1. The number of hydrogen-bond donors (Lipinski definition) is 1. The van der Waals surface area contributed by atoms with E-state index in [0.717, 1.165) is 45.2 Å². The molecule has 2 aliphatic rings. The first kappa shape index (κ1) is 16.2. The first-order valence-corrected chi connectivity index (χ1v) is 8.48. The molecule has 0 radical (unpaired) electrons. The predicted molar refractivity (Wildman–Crippen MR) is 82.0 cm³/mol. The molecule has 4 heteroatoms. The molecule has 2 fully saturated rings. The number of rotatable bonds is 7. The van der Waals surface area contributed by atoms with E-state index < -0.39 is 0 Å². The molecule has 1 atom stereocenters. The number of likely N-dealkylation sites (tertiary alicyclic amines) is 1. The van der Waals surface area contributed by atoms with Crippen LogP contribution >= 0.6 is 0 Å². The average molecular weight is 284 g/mol. The summed E-state index contributed by atoms with van der Waals surface area (Å²) in [4.78, 5) is 4.98. The minimum absolute atomic E-state index is 0.132. The van der Waals surface area contributed by atoms with E-state index in [0.29, 0.717) is 0 Å². The highest BCUT2D eigenvalue weighted by atomic mass is 16.5. The molecular weight excluding hydrogens is 252 g/mol. The van der Waals surface area contributed by atoms with Crippen LogP contribution in [0.3, 0.4) is 0 Å². The van der Waals surface area contributed by atoms with Crippen molar-refractivity contribution < 1.29 is 9.84 Å². The van der Waals surface area contributed by atoms with Gasteiger partial charge >= 0.3 is 0 Å². The van der Waals surface area contributed by atoms with Crippen LogP contribution in [0.4, 0.5) is 0 Å². The van der Waals surface area contributed by atoms with Gasteiger partial charge in [-0.1, -0.05) is 6.92 Å². The Labute approximate surface area is 124 Å². The summed E-state index contributed by atoms with van der Waals surface area (Å²) < 4.78 is 5.38. The van der Waals surface area contributed by atoms with Gasteiger partial charge in [-0.2, -0.15) is 0 Å². The highest BCUT2D eigenvalue weighted by Gasteiger charge is 2.20. The van der Waals surface area contributed by atoms with Crippen LogP contribution in [-0.2, 0) is 4.74 Å². The fraction of sp³-hybridized carbons (Fsp3) is 1.00. The number of morpholine rings is 1. The summed E-state index contributed by atoms with van der Waals surface area (Å²) in [5.41, 5.74) is 0. The van der Waals surface area contributed by atoms with E-state index in [1.165, 1.54) is 45.3 Å². The second-order valence-electron chi connectivity index (χ2n) is 6.40. The molecule has 1 N–H and O–H groups in total. The fourth-order valence-corrected chi connectivity index (χ4v) is 3.31. The Kier molecular flexibility index (Phi) is 7.28. The Morgan fingerprint density at radius 2 is 1.80 bits per heavy atom. The van der Waals surface area contributed by atoms with Crippen molar-refractivity contribution in [2.24, 2.45) is 5.92 Å². The molecule has 2 rings (SSSR count). The van der Waals surface area contributed by atoms with Gasteiger partial charge in [-0.15, -0.1) is 0 Å². The summed E-state index contributed by atoms with van der Waals surface area (Å²) in [6.45, 7) is 10.6. The maximum absolute atomic E-state index is 9.70. The summed E-state index contributed by atoms with van der Waals surface area (Å²) in [6.07, 6.45) is 6.09. The van der Waals surface area contributed by atoms with Crippen molar-refractivity contribution >= 4 is 0 Å². The molecule has 4 nitrogen and oxygen atoms in total. The Hall–Kier alpha value is -0.160. The molecule has 2 heterocycles. The van der Waals surface area contributed by atoms with Gasteiger partial charge in [0.05, 0.1) is 19.3 Å². The van der Waals surface area contributed by atoms with Gasteiger partial charge in [-0.3, -0.25) is 4.90 Å². The van der Waals surface area contributed by atoms with Gasteiger partial charge < -0.3 is 14.7 Å². The molecule has 2 saturated heterocycles. The monoisotopic (exact) mass is 284 g/mol. The molecule has 0 amide bonds. The van der Waals surface area contributed by atoms with E-state index in [-0.39, 0.29) is 6.10 Å². The summed E-state index contributed by atoms with van der Waals surface area (Å²) in [7, 11) is 0. The third-order valence-electron chi connectivity index (χ3n) is 4.84. The van der Waals surface area contributed by atoms with E-state index in [4.69, 9.17) is 4.74 Å². The van der Waals surface area contributed by atoms with Crippen LogP contribution in [0.5, 0.6) is 0 Å². The number of β-amino-alcohol motifs (C(OH)–C–C–N with tert-alkyl or cyclic N) is 1. The maximum Gasteiger partial charge on any atom is 0.0664 e. The summed E-state index contributed by atoms with van der Waals surface area (Å²) in [5.74, 6) is 0.908. The minimum Gasteiger partial charge on any atom is -0.392 e. The maximum atomic E-state index is 9.70. The molecule has 1 unspecified atom stereocenters. The van der Waals surface area contributed by atoms with Crippen molar-refractivity contribution in [3.05, 3.63) is 0 Å². The van der Waals surface area contributed by atoms with E-state index >= 15 is 0 Å². The molecule has 20 heavy (non-hydrogen) atoms. The number of nitrogens with zero attached hydrogens (tertiary/aromatic N) is 2. The van der Waals surface area contributed by atoms with Gasteiger partial charge in [0.2, 0.25) is 0 Å². The largest absolute Gasteiger partial charge is 0.392 e. The van der Waals surface area contributed by atoms with E-state index in [2.05, 4.69) is 16.7 Å².